The van der Waals surface area contributed by atoms with E-state index in [1.54, 1.807) is 12.1 Å². The molecular formula is C23H25FN2. The van der Waals surface area contributed by atoms with E-state index >= 15 is 0 Å². The Balaban J connectivity index is 1.36. The third kappa shape index (κ3) is 3.73. The summed E-state index contributed by atoms with van der Waals surface area (Å²) in [7, 11) is 0. The van der Waals surface area contributed by atoms with Gasteiger partial charge in [0.25, 0.3) is 0 Å². The lowest BCUT2D eigenvalue weighted by molar-refractivity contribution is 0.177. The van der Waals surface area contributed by atoms with Crippen molar-refractivity contribution in [3.05, 3.63) is 77.6 Å². The van der Waals surface area contributed by atoms with Crippen molar-refractivity contribution in [1.29, 1.82) is 0 Å². The first-order valence-electron chi connectivity index (χ1n) is 9.42. The highest BCUT2D eigenvalue weighted by Crippen LogP contribution is 2.28. The summed E-state index contributed by atoms with van der Waals surface area (Å²) in [6.45, 7) is 3.11. The molecule has 2 nitrogen and oxygen atoms in total. The van der Waals surface area contributed by atoms with Crippen molar-refractivity contribution in [3.8, 4) is 0 Å². The number of likely N-dealkylation sites (tertiary alicyclic amines) is 1. The number of nitrogen functional groups attached to an aromatic ring is 1. The van der Waals surface area contributed by atoms with Crippen molar-refractivity contribution >= 4 is 16.5 Å². The lowest BCUT2D eigenvalue weighted by Gasteiger charge is -2.32. The molecule has 0 atom stereocenters. The molecule has 3 heteroatoms. The number of fused-ring (bicyclic) bond motifs is 1. The van der Waals surface area contributed by atoms with Gasteiger partial charge in [-0.15, -0.1) is 0 Å². The van der Waals surface area contributed by atoms with E-state index in [0.717, 1.165) is 37.1 Å². The number of anilines is 1. The standard InChI is InChI=1S/C23H25FN2/c24-21-9-5-17(6-10-21)15-18-11-13-26(14-12-18)16-20-8-7-19-3-1-2-4-22(19)23(20)25/h1-10,18H,11-16,25H2. The fourth-order valence-corrected chi connectivity index (χ4v) is 4.02. The molecule has 0 radical (unpaired) electrons. The third-order valence-electron chi connectivity index (χ3n) is 5.60. The highest BCUT2D eigenvalue weighted by molar-refractivity contribution is 5.94. The van der Waals surface area contributed by atoms with Gasteiger partial charge in [-0.05, 0) is 66.9 Å². The largest absolute Gasteiger partial charge is 0.398 e. The fourth-order valence-electron chi connectivity index (χ4n) is 4.02. The average molecular weight is 348 g/mol. The maximum atomic E-state index is 13.0. The van der Waals surface area contributed by atoms with E-state index in [9.17, 15) is 4.39 Å². The van der Waals surface area contributed by atoms with E-state index in [1.807, 2.05) is 24.3 Å². The lowest BCUT2D eigenvalue weighted by Crippen LogP contribution is -2.34. The minimum absolute atomic E-state index is 0.156. The van der Waals surface area contributed by atoms with Crippen LogP contribution in [0.3, 0.4) is 0 Å². The molecule has 1 fully saturated rings. The molecule has 1 aliphatic rings. The van der Waals surface area contributed by atoms with E-state index in [4.69, 9.17) is 5.73 Å². The number of rotatable bonds is 4. The SMILES string of the molecule is Nc1c(CN2CCC(Cc3ccc(F)cc3)CC2)ccc2ccccc12. The molecule has 1 heterocycles. The molecule has 0 spiro atoms. The van der Waals surface area contributed by atoms with Gasteiger partial charge in [-0.3, -0.25) is 4.90 Å². The summed E-state index contributed by atoms with van der Waals surface area (Å²) in [5.74, 6) is 0.530. The zero-order chi connectivity index (χ0) is 17.9. The molecule has 0 bridgehead atoms. The summed E-state index contributed by atoms with van der Waals surface area (Å²) in [5.41, 5.74) is 9.80. The molecule has 0 saturated carbocycles. The number of nitrogens with zero attached hydrogens (tertiary/aromatic N) is 1. The van der Waals surface area contributed by atoms with Gasteiger partial charge in [-0.1, -0.05) is 48.5 Å². The van der Waals surface area contributed by atoms with Gasteiger partial charge in [0.15, 0.2) is 0 Å². The first-order valence-corrected chi connectivity index (χ1v) is 9.42. The predicted octanol–water partition coefficient (Wildman–Crippen LogP) is 5.02. The molecule has 0 aliphatic carbocycles. The summed E-state index contributed by atoms with van der Waals surface area (Å²) in [6.07, 6.45) is 3.42. The molecule has 134 valence electrons. The van der Waals surface area contributed by atoms with Crippen molar-refractivity contribution in [2.45, 2.75) is 25.8 Å². The Hall–Kier alpha value is -2.39. The summed E-state index contributed by atoms with van der Waals surface area (Å²) < 4.78 is 13.0. The van der Waals surface area contributed by atoms with Crippen LogP contribution >= 0.6 is 0 Å². The maximum absolute atomic E-state index is 13.0. The Labute approximate surface area is 154 Å². The average Bonchev–Trinajstić information content (AvgIpc) is 2.67. The normalized spacial score (nSPS) is 16.2. The van der Waals surface area contributed by atoms with Crippen molar-refractivity contribution in [2.75, 3.05) is 18.8 Å². The van der Waals surface area contributed by atoms with Gasteiger partial charge in [0, 0.05) is 17.6 Å². The second-order valence-electron chi connectivity index (χ2n) is 7.41. The number of nitrogens with two attached hydrogens (primary N) is 1. The first kappa shape index (κ1) is 17.0. The minimum atomic E-state index is -0.156. The van der Waals surface area contributed by atoms with Crippen LogP contribution in [0.4, 0.5) is 10.1 Å². The van der Waals surface area contributed by atoms with Crippen molar-refractivity contribution < 1.29 is 4.39 Å². The van der Waals surface area contributed by atoms with E-state index in [0.29, 0.717) is 5.92 Å². The monoisotopic (exact) mass is 348 g/mol. The summed E-state index contributed by atoms with van der Waals surface area (Å²) in [4.78, 5) is 2.50. The molecule has 0 unspecified atom stereocenters. The summed E-state index contributed by atoms with van der Waals surface area (Å²) in [6, 6.07) is 19.6. The number of benzene rings is 3. The topological polar surface area (TPSA) is 29.3 Å². The highest BCUT2D eigenvalue weighted by atomic mass is 19.1. The van der Waals surface area contributed by atoms with Crippen LogP contribution in [0.2, 0.25) is 0 Å². The molecule has 3 aromatic rings. The Morgan fingerprint density at radius 2 is 1.65 bits per heavy atom. The number of hydrogen-bond donors (Lipinski definition) is 1. The van der Waals surface area contributed by atoms with Crippen LogP contribution in [0, 0.1) is 11.7 Å². The Kier molecular flexibility index (Phi) is 4.89. The van der Waals surface area contributed by atoms with Gasteiger partial charge in [-0.25, -0.2) is 4.39 Å². The van der Waals surface area contributed by atoms with Crippen molar-refractivity contribution in [3.63, 3.8) is 0 Å². The van der Waals surface area contributed by atoms with Crippen LogP contribution in [-0.2, 0) is 13.0 Å². The minimum Gasteiger partial charge on any atom is -0.398 e. The van der Waals surface area contributed by atoms with Crippen LogP contribution in [0.15, 0.2) is 60.7 Å². The maximum Gasteiger partial charge on any atom is 0.123 e. The molecule has 4 rings (SSSR count). The quantitative estimate of drug-likeness (QED) is 0.671. The molecule has 1 saturated heterocycles. The summed E-state index contributed by atoms with van der Waals surface area (Å²) >= 11 is 0. The van der Waals surface area contributed by atoms with Gasteiger partial charge in [0.1, 0.15) is 5.82 Å². The van der Waals surface area contributed by atoms with Gasteiger partial charge in [0.05, 0.1) is 0 Å². The number of hydrogen-bond acceptors (Lipinski definition) is 2. The number of halogens is 1. The smallest absolute Gasteiger partial charge is 0.123 e. The van der Waals surface area contributed by atoms with E-state index in [-0.39, 0.29) is 5.82 Å². The van der Waals surface area contributed by atoms with Crippen LogP contribution in [0.25, 0.3) is 10.8 Å². The highest BCUT2D eigenvalue weighted by Gasteiger charge is 2.20. The molecule has 3 aromatic carbocycles. The second kappa shape index (κ2) is 7.46. The Bertz CT molecular complexity index is 880. The van der Waals surface area contributed by atoms with Crippen LogP contribution in [0.5, 0.6) is 0 Å². The van der Waals surface area contributed by atoms with E-state index in [1.165, 1.54) is 29.4 Å². The third-order valence-corrected chi connectivity index (χ3v) is 5.60. The Morgan fingerprint density at radius 1 is 0.923 bits per heavy atom. The molecule has 0 aromatic heterocycles. The lowest BCUT2D eigenvalue weighted by atomic mass is 9.90. The van der Waals surface area contributed by atoms with E-state index < -0.39 is 0 Å². The van der Waals surface area contributed by atoms with Crippen LogP contribution in [0.1, 0.15) is 24.0 Å². The van der Waals surface area contributed by atoms with Gasteiger partial charge < -0.3 is 5.73 Å². The zero-order valence-corrected chi connectivity index (χ0v) is 15.0. The molecular weight excluding hydrogens is 323 g/mol. The van der Waals surface area contributed by atoms with Gasteiger partial charge >= 0.3 is 0 Å². The van der Waals surface area contributed by atoms with Crippen molar-refractivity contribution in [2.24, 2.45) is 5.92 Å². The summed E-state index contributed by atoms with van der Waals surface area (Å²) in [5, 5.41) is 2.35. The zero-order valence-electron chi connectivity index (χ0n) is 15.0. The fraction of sp³-hybridized carbons (Fsp3) is 0.304. The Morgan fingerprint density at radius 3 is 2.42 bits per heavy atom. The molecule has 0 amide bonds. The first-order chi connectivity index (χ1) is 12.7. The molecule has 1 aliphatic heterocycles. The van der Waals surface area contributed by atoms with Crippen LogP contribution < -0.4 is 5.73 Å². The van der Waals surface area contributed by atoms with Crippen LogP contribution in [-0.4, -0.2) is 18.0 Å². The number of piperidine rings is 1. The van der Waals surface area contributed by atoms with Gasteiger partial charge in [-0.2, -0.15) is 0 Å². The van der Waals surface area contributed by atoms with E-state index in [2.05, 4.69) is 29.2 Å². The van der Waals surface area contributed by atoms with Crippen molar-refractivity contribution in [1.82, 2.24) is 4.90 Å². The van der Waals surface area contributed by atoms with Gasteiger partial charge in [0.2, 0.25) is 0 Å². The predicted molar refractivity (Wildman–Crippen MR) is 106 cm³/mol. The molecule has 2 N–H and O–H groups in total. The second-order valence-corrected chi connectivity index (χ2v) is 7.41. The molecule has 26 heavy (non-hydrogen) atoms.